The van der Waals surface area contributed by atoms with E-state index in [1.54, 1.807) is 0 Å². The molecule has 2 nitrogen and oxygen atoms in total. The summed E-state index contributed by atoms with van der Waals surface area (Å²) in [6.07, 6.45) is 2.64. The van der Waals surface area contributed by atoms with Crippen molar-refractivity contribution < 1.29 is 0 Å². The highest BCUT2D eigenvalue weighted by Crippen LogP contribution is 1.76. The molecule has 0 rings (SSSR count). The zero-order chi connectivity index (χ0) is 6.12. The molecule has 0 radical (unpaired) electrons. The summed E-state index contributed by atoms with van der Waals surface area (Å²) in [5.74, 6) is 0. The average Bonchev–Trinajstić information content (AvgIpc) is 1.69. The smallest absolute Gasteiger partial charge is 0.0403 e. The number of rotatable bonds is 1. The van der Waals surface area contributed by atoms with E-state index in [0.29, 0.717) is 0 Å². The van der Waals surface area contributed by atoms with Crippen LogP contribution in [0.25, 0.3) is 0 Å². The summed E-state index contributed by atoms with van der Waals surface area (Å²) in [6, 6.07) is 0. The molecule has 7 heavy (non-hydrogen) atoms. The van der Waals surface area contributed by atoms with Gasteiger partial charge in [-0.2, -0.15) is 0 Å². The molecule has 2 heteroatoms. The minimum atomic E-state index is 0.250. The van der Waals surface area contributed by atoms with Crippen LogP contribution in [-0.2, 0) is 0 Å². The van der Waals surface area contributed by atoms with Crippen LogP contribution in [0.2, 0.25) is 0 Å². The number of nitrogens with two attached hydrogens (primary N) is 2. The van der Waals surface area contributed by atoms with Crippen LogP contribution in [0.3, 0.4) is 0 Å². The molecule has 0 aliphatic carbocycles. The highest BCUT2D eigenvalue weighted by Gasteiger charge is 1.56. The molecular weight excluding hydrogens is 88.1 g/mol. The van der Waals surface area contributed by atoms with Crippen molar-refractivity contribution in [2.24, 2.45) is 11.5 Å². The molecule has 0 aliphatic heterocycles. The van der Waals surface area contributed by atoms with E-state index in [2.05, 4.69) is 25.3 Å². The lowest BCUT2D eigenvalue weighted by Crippen LogP contribution is -2.08. The van der Waals surface area contributed by atoms with Gasteiger partial charge in [-0.05, 0) is 0 Å². The van der Waals surface area contributed by atoms with Gasteiger partial charge < -0.3 is 11.5 Å². The standard InChI is InChI=1S/C4H10.CH6N2/c1-3-4-2;2-1-3/h3-4H2,1-2H3;1-3H2. The third-order valence-corrected chi connectivity index (χ3v) is 0.500. The normalized spacial score (nSPS) is 6.86. The first-order chi connectivity index (χ1) is 3.33. The molecule has 0 atom stereocenters. The first-order valence-electron chi connectivity index (χ1n) is 2.73. The van der Waals surface area contributed by atoms with E-state index in [1.165, 1.54) is 12.8 Å². The molecule has 0 aromatic rings. The van der Waals surface area contributed by atoms with Gasteiger partial charge in [-0.3, -0.25) is 0 Å². The van der Waals surface area contributed by atoms with E-state index in [9.17, 15) is 0 Å². The summed E-state index contributed by atoms with van der Waals surface area (Å²) in [7, 11) is 0. The Morgan fingerprint density at radius 2 is 1.14 bits per heavy atom. The van der Waals surface area contributed by atoms with Crippen molar-refractivity contribution >= 4 is 0 Å². The molecule has 0 bridgehead atoms. The lowest BCUT2D eigenvalue weighted by atomic mass is 10.4. The minimum Gasteiger partial charge on any atom is -0.319 e. The SMILES string of the molecule is CCCC.NCN. The molecule has 0 saturated carbocycles. The van der Waals surface area contributed by atoms with E-state index in [4.69, 9.17) is 0 Å². The summed E-state index contributed by atoms with van der Waals surface area (Å²) < 4.78 is 0. The number of hydrogen-bond donors (Lipinski definition) is 2. The van der Waals surface area contributed by atoms with Crippen LogP contribution in [0, 0.1) is 0 Å². The van der Waals surface area contributed by atoms with Gasteiger partial charge in [0.2, 0.25) is 0 Å². The predicted octanol–water partition coefficient (Wildman–Crippen LogP) is 0.668. The fourth-order valence-electron chi connectivity index (χ4n) is 0. The summed E-state index contributed by atoms with van der Waals surface area (Å²) in [5.41, 5.74) is 9.25. The molecule has 0 aromatic heterocycles. The van der Waals surface area contributed by atoms with E-state index in [0.717, 1.165) is 0 Å². The number of unbranched alkanes of at least 4 members (excludes halogenated alkanes) is 1. The van der Waals surface area contributed by atoms with Gasteiger partial charge in [0.05, 0.1) is 0 Å². The molecule has 0 amide bonds. The molecule has 0 aromatic carbocycles. The Bertz CT molecular complexity index is 13.6. The van der Waals surface area contributed by atoms with Crippen LogP contribution < -0.4 is 11.5 Å². The first kappa shape index (κ1) is 10.0. The first-order valence-corrected chi connectivity index (χ1v) is 2.73. The predicted molar refractivity (Wildman–Crippen MR) is 33.8 cm³/mol. The molecule has 0 spiro atoms. The topological polar surface area (TPSA) is 52.0 Å². The van der Waals surface area contributed by atoms with Crippen LogP contribution in [-0.4, -0.2) is 6.67 Å². The molecule has 0 aliphatic rings. The van der Waals surface area contributed by atoms with Crippen molar-refractivity contribution in [3.8, 4) is 0 Å². The summed E-state index contributed by atoms with van der Waals surface area (Å²) in [4.78, 5) is 0. The Hall–Kier alpha value is -0.0800. The molecule has 4 N–H and O–H groups in total. The molecule has 46 valence electrons. The van der Waals surface area contributed by atoms with Crippen LogP contribution in [0.15, 0.2) is 0 Å². The van der Waals surface area contributed by atoms with Gasteiger partial charge in [0.25, 0.3) is 0 Å². The Labute approximate surface area is 45.9 Å². The Kier molecular flexibility index (Phi) is 24.1. The highest BCUT2D eigenvalue weighted by atomic mass is 14.7. The van der Waals surface area contributed by atoms with Gasteiger partial charge in [0, 0.05) is 6.67 Å². The van der Waals surface area contributed by atoms with Gasteiger partial charge >= 0.3 is 0 Å². The third-order valence-electron chi connectivity index (χ3n) is 0.500. The maximum atomic E-state index is 4.62. The second-order valence-corrected chi connectivity index (χ2v) is 1.24. The average molecular weight is 104 g/mol. The zero-order valence-electron chi connectivity index (χ0n) is 5.28. The van der Waals surface area contributed by atoms with Crippen LogP contribution in [0.1, 0.15) is 26.7 Å². The van der Waals surface area contributed by atoms with Crippen LogP contribution >= 0.6 is 0 Å². The van der Waals surface area contributed by atoms with Gasteiger partial charge in [0.15, 0.2) is 0 Å². The van der Waals surface area contributed by atoms with E-state index in [1.807, 2.05) is 0 Å². The fourth-order valence-corrected chi connectivity index (χ4v) is 0. The maximum Gasteiger partial charge on any atom is 0.0403 e. The third kappa shape index (κ3) is 107. The van der Waals surface area contributed by atoms with Crippen LogP contribution in [0.5, 0.6) is 0 Å². The number of hydrogen-bond acceptors (Lipinski definition) is 2. The van der Waals surface area contributed by atoms with Crippen LogP contribution in [0.4, 0.5) is 0 Å². The molecular formula is C5H16N2. The molecule has 0 fully saturated rings. The Balaban J connectivity index is 0. The van der Waals surface area contributed by atoms with Crippen molar-refractivity contribution in [1.82, 2.24) is 0 Å². The summed E-state index contributed by atoms with van der Waals surface area (Å²) >= 11 is 0. The van der Waals surface area contributed by atoms with Crippen molar-refractivity contribution in [1.29, 1.82) is 0 Å². The second-order valence-electron chi connectivity index (χ2n) is 1.24. The summed E-state index contributed by atoms with van der Waals surface area (Å²) in [6.45, 7) is 4.61. The molecule has 0 heterocycles. The lowest BCUT2D eigenvalue weighted by Gasteiger charge is -1.68. The Morgan fingerprint density at radius 3 is 1.14 bits per heavy atom. The minimum absolute atomic E-state index is 0.250. The summed E-state index contributed by atoms with van der Waals surface area (Å²) in [5, 5.41) is 0. The quantitative estimate of drug-likeness (QED) is 0.480. The fraction of sp³-hybridized carbons (Fsp3) is 1.00. The van der Waals surface area contributed by atoms with Crippen molar-refractivity contribution in [2.45, 2.75) is 26.7 Å². The van der Waals surface area contributed by atoms with E-state index >= 15 is 0 Å². The van der Waals surface area contributed by atoms with Gasteiger partial charge in [-0.1, -0.05) is 26.7 Å². The monoisotopic (exact) mass is 104 g/mol. The van der Waals surface area contributed by atoms with Crippen molar-refractivity contribution in [2.75, 3.05) is 6.67 Å². The van der Waals surface area contributed by atoms with Gasteiger partial charge in [0.1, 0.15) is 0 Å². The van der Waals surface area contributed by atoms with Crippen molar-refractivity contribution in [3.05, 3.63) is 0 Å². The molecule has 0 saturated heterocycles. The largest absolute Gasteiger partial charge is 0.319 e. The van der Waals surface area contributed by atoms with E-state index in [-0.39, 0.29) is 6.67 Å². The zero-order valence-corrected chi connectivity index (χ0v) is 5.28. The van der Waals surface area contributed by atoms with E-state index < -0.39 is 0 Å². The Morgan fingerprint density at radius 1 is 1.00 bits per heavy atom. The highest BCUT2D eigenvalue weighted by molar-refractivity contribution is 4.12. The van der Waals surface area contributed by atoms with Gasteiger partial charge in [-0.25, -0.2) is 0 Å². The van der Waals surface area contributed by atoms with Gasteiger partial charge in [-0.15, -0.1) is 0 Å². The second kappa shape index (κ2) is 16.8. The maximum absolute atomic E-state index is 4.62. The lowest BCUT2D eigenvalue weighted by molar-refractivity contribution is 0.886. The molecule has 0 unspecified atom stereocenters. The van der Waals surface area contributed by atoms with Crippen molar-refractivity contribution in [3.63, 3.8) is 0 Å².